The molecular formula is C21H26N4O3. The lowest BCUT2D eigenvalue weighted by Crippen LogP contribution is -2.10. The molecule has 0 amide bonds. The largest absolute Gasteiger partial charge is 0.467 e. The zero-order chi connectivity index (χ0) is 20.1. The van der Waals surface area contributed by atoms with E-state index in [0.717, 1.165) is 11.3 Å². The molecule has 148 valence electrons. The lowest BCUT2D eigenvalue weighted by Gasteiger charge is -2.18. The van der Waals surface area contributed by atoms with Crippen molar-refractivity contribution >= 4 is 0 Å². The number of benzene rings is 1. The predicted molar refractivity (Wildman–Crippen MR) is 105 cm³/mol. The fourth-order valence-corrected chi connectivity index (χ4v) is 2.66. The Morgan fingerprint density at radius 2 is 1.75 bits per heavy atom. The van der Waals surface area contributed by atoms with Gasteiger partial charge in [0.25, 0.3) is 5.89 Å². The van der Waals surface area contributed by atoms with E-state index in [2.05, 4.69) is 53.0 Å². The monoisotopic (exact) mass is 382 g/mol. The summed E-state index contributed by atoms with van der Waals surface area (Å²) in [4.78, 5) is 13.2. The smallest absolute Gasteiger partial charge is 0.264 e. The minimum absolute atomic E-state index is 0.103. The van der Waals surface area contributed by atoms with Crippen LogP contribution in [-0.4, -0.2) is 27.2 Å². The Balaban J connectivity index is 1.69. The van der Waals surface area contributed by atoms with Crippen molar-refractivity contribution in [3.05, 3.63) is 53.3 Å². The Morgan fingerprint density at radius 3 is 2.39 bits per heavy atom. The van der Waals surface area contributed by atoms with Gasteiger partial charge in [-0.3, -0.25) is 0 Å². The summed E-state index contributed by atoms with van der Waals surface area (Å²) in [6, 6.07) is 9.94. The Bertz CT molecular complexity index is 914. The van der Waals surface area contributed by atoms with Crippen LogP contribution in [0.25, 0.3) is 11.4 Å². The summed E-state index contributed by atoms with van der Waals surface area (Å²) in [5, 5.41) is 4.05. The zero-order valence-electron chi connectivity index (χ0n) is 17.0. The van der Waals surface area contributed by atoms with Crippen LogP contribution in [0.5, 0.6) is 5.88 Å². The van der Waals surface area contributed by atoms with Gasteiger partial charge in [0.05, 0.1) is 12.3 Å². The summed E-state index contributed by atoms with van der Waals surface area (Å²) in [7, 11) is 1.63. The third kappa shape index (κ3) is 4.92. The number of methoxy groups -OCH3 is 1. The Hall–Kier alpha value is -2.80. The minimum Gasteiger partial charge on any atom is -0.467 e. The van der Waals surface area contributed by atoms with Crippen molar-refractivity contribution in [3.8, 4) is 17.3 Å². The summed E-state index contributed by atoms with van der Waals surface area (Å²) >= 11 is 0. The predicted octanol–water partition coefficient (Wildman–Crippen LogP) is 4.11. The molecule has 2 heterocycles. The maximum Gasteiger partial charge on any atom is 0.264 e. The Kier molecular flexibility index (Phi) is 6.04. The summed E-state index contributed by atoms with van der Waals surface area (Å²) in [5.41, 5.74) is 3.03. The number of aromatic nitrogens is 4. The molecule has 7 heteroatoms. The van der Waals surface area contributed by atoms with Crippen LogP contribution in [0.15, 0.2) is 34.9 Å². The van der Waals surface area contributed by atoms with Crippen LogP contribution in [0.1, 0.15) is 50.7 Å². The third-order valence-corrected chi connectivity index (χ3v) is 4.23. The van der Waals surface area contributed by atoms with Gasteiger partial charge in [-0.05, 0) is 11.0 Å². The molecule has 3 rings (SSSR count). The summed E-state index contributed by atoms with van der Waals surface area (Å²) in [5.74, 6) is 2.10. The first kappa shape index (κ1) is 19.9. The van der Waals surface area contributed by atoms with Crippen LogP contribution in [0.4, 0.5) is 0 Å². The van der Waals surface area contributed by atoms with Crippen molar-refractivity contribution in [1.82, 2.24) is 20.1 Å². The second-order valence-corrected chi connectivity index (χ2v) is 7.53. The van der Waals surface area contributed by atoms with Gasteiger partial charge in [0, 0.05) is 25.2 Å². The van der Waals surface area contributed by atoms with Crippen LogP contribution >= 0.6 is 0 Å². The molecule has 0 fully saturated rings. The molecule has 28 heavy (non-hydrogen) atoms. The molecule has 0 atom stereocenters. The molecule has 0 saturated heterocycles. The van der Waals surface area contributed by atoms with E-state index in [1.165, 1.54) is 5.56 Å². The first-order chi connectivity index (χ1) is 13.4. The van der Waals surface area contributed by atoms with E-state index < -0.39 is 0 Å². The van der Waals surface area contributed by atoms with Gasteiger partial charge in [-0.2, -0.15) is 9.97 Å². The topological polar surface area (TPSA) is 83.2 Å². The maximum absolute atomic E-state index is 5.73. The van der Waals surface area contributed by atoms with E-state index in [0.29, 0.717) is 36.4 Å². The number of hydrogen-bond donors (Lipinski definition) is 0. The summed E-state index contributed by atoms with van der Waals surface area (Å²) < 4.78 is 16.2. The number of aryl methyl sites for hydroxylation is 1. The zero-order valence-corrected chi connectivity index (χ0v) is 17.0. The summed E-state index contributed by atoms with van der Waals surface area (Å²) in [6.07, 6.45) is 0.711. The fraction of sp³-hybridized carbons (Fsp3) is 0.429. The van der Waals surface area contributed by atoms with E-state index in [-0.39, 0.29) is 12.0 Å². The summed E-state index contributed by atoms with van der Waals surface area (Å²) in [6.45, 7) is 9.08. The molecule has 0 spiro atoms. The maximum atomic E-state index is 5.73. The lowest BCUT2D eigenvalue weighted by atomic mass is 9.87. The van der Waals surface area contributed by atoms with Crippen molar-refractivity contribution in [2.75, 3.05) is 7.11 Å². The molecule has 0 aliphatic heterocycles. The molecule has 7 nitrogen and oxygen atoms in total. The van der Waals surface area contributed by atoms with Crippen LogP contribution in [0.2, 0.25) is 0 Å². The molecule has 1 aromatic carbocycles. The van der Waals surface area contributed by atoms with E-state index in [1.807, 2.05) is 19.1 Å². The molecule has 3 aromatic rings. The first-order valence-electron chi connectivity index (χ1n) is 9.31. The quantitative estimate of drug-likeness (QED) is 0.608. The first-order valence-corrected chi connectivity index (χ1v) is 9.31. The molecular weight excluding hydrogens is 356 g/mol. The van der Waals surface area contributed by atoms with E-state index in [1.54, 1.807) is 13.2 Å². The highest BCUT2D eigenvalue weighted by Crippen LogP contribution is 2.25. The van der Waals surface area contributed by atoms with E-state index in [9.17, 15) is 0 Å². The molecule has 2 aromatic heterocycles. The van der Waals surface area contributed by atoms with Crippen molar-refractivity contribution in [2.45, 2.75) is 52.7 Å². The van der Waals surface area contributed by atoms with Crippen LogP contribution < -0.4 is 4.74 Å². The second kappa shape index (κ2) is 8.48. The SMILES string of the molecule is CCc1nc(COC)cc(OCc2nc(-c3ccc(C(C)(C)C)cc3)no2)n1. The van der Waals surface area contributed by atoms with Gasteiger partial charge in [-0.15, -0.1) is 0 Å². The molecule has 0 N–H and O–H groups in total. The van der Waals surface area contributed by atoms with Gasteiger partial charge in [0.2, 0.25) is 11.7 Å². The fourth-order valence-electron chi connectivity index (χ4n) is 2.66. The highest BCUT2D eigenvalue weighted by molar-refractivity contribution is 5.55. The average Bonchev–Trinajstić information content (AvgIpc) is 3.15. The van der Waals surface area contributed by atoms with Gasteiger partial charge in [0.1, 0.15) is 5.82 Å². The number of hydrogen-bond acceptors (Lipinski definition) is 7. The van der Waals surface area contributed by atoms with Gasteiger partial charge < -0.3 is 14.0 Å². The van der Waals surface area contributed by atoms with Gasteiger partial charge in [-0.25, -0.2) is 4.98 Å². The Morgan fingerprint density at radius 1 is 1.00 bits per heavy atom. The highest BCUT2D eigenvalue weighted by Gasteiger charge is 2.15. The van der Waals surface area contributed by atoms with E-state index in [4.69, 9.17) is 14.0 Å². The van der Waals surface area contributed by atoms with Crippen LogP contribution in [-0.2, 0) is 29.8 Å². The molecule has 0 aliphatic carbocycles. The van der Waals surface area contributed by atoms with Gasteiger partial charge >= 0.3 is 0 Å². The standard InChI is InChI=1S/C21H26N4O3/c1-6-17-22-16(12-26-5)11-18(23-17)27-13-19-24-20(25-28-19)14-7-9-15(10-8-14)21(2,3)4/h7-11H,6,12-13H2,1-5H3. The highest BCUT2D eigenvalue weighted by atomic mass is 16.5. The van der Waals surface area contributed by atoms with Crippen molar-refractivity contribution in [2.24, 2.45) is 0 Å². The average molecular weight is 382 g/mol. The number of ether oxygens (including phenoxy) is 2. The molecule has 0 radical (unpaired) electrons. The van der Waals surface area contributed by atoms with Gasteiger partial charge in [0.15, 0.2) is 6.61 Å². The third-order valence-electron chi connectivity index (χ3n) is 4.23. The Labute approximate surface area is 165 Å². The van der Waals surface area contributed by atoms with Crippen LogP contribution in [0.3, 0.4) is 0 Å². The van der Waals surface area contributed by atoms with Crippen molar-refractivity contribution in [3.63, 3.8) is 0 Å². The molecule has 0 unspecified atom stereocenters. The van der Waals surface area contributed by atoms with E-state index >= 15 is 0 Å². The molecule has 0 bridgehead atoms. The molecule has 0 saturated carbocycles. The van der Waals surface area contributed by atoms with Crippen molar-refractivity contribution < 1.29 is 14.0 Å². The number of rotatable bonds is 7. The minimum atomic E-state index is 0.103. The van der Waals surface area contributed by atoms with Gasteiger partial charge in [-0.1, -0.05) is 57.1 Å². The lowest BCUT2D eigenvalue weighted by molar-refractivity contribution is 0.179. The normalized spacial score (nSPS) is 11.6. The second-order valence-electron chi connectivity index (χ2n) is 7.53. The number of nitrogens with zero attached hydrogens (tertiary/aromatic N) is 4. The van der Waals surface area contributed by atoms with Crippen molar-refractivity contribution in [1.29, 1.82) is 0 Å². The molecule has 0 aliphatic rings. The van der Waals surface area contributed by atoms with Crippen LogP contribution in [0, 0.1) is 0 Å².